The highest BCUT2D eigenvalue weighted by atomic mass is 32.1. The first kappa shape index (κ1) is 21.6. The number of carbonyl (C=O) groups excluding carboxylic acids is 1. The highest BCUT2D eigenvalue weighted by molar-refractivity contribution is 7.09. The molecule has 4 saturated carbocycles. The van der Waals surface area contributed by atoms with Crippen molar-refractivity contribution < 1.29 is 4.79 Å². The molecule has 4 aliphatic carbocycles. The van der Waals surface area contributed by atoms with E-state index in [4.69, 9.17) is 4.98 Å². The summed E-state index contributed by atoms with van der Waals surface area (Å²) in [4.78, 5) is 20.5. The molecule has 4 bridgehead atoms. The number of aromatic nitrogens is 2. The molecule has 1 aromatic carbocycles. The van der Waals surface area contributed by atoms with Crippen molar-refractivity contribution in [3.63, 3.8) is 0 Å². The van der Waals surface area contributed by atoms with E-state index in [1.54, 1.807) is 0 Å². The van der Waals surface area contributed by atoms with Crippen LogP contribution in [0.25, 0.3) is 0 Å². The van der Waals surface area contributed by atoms with E-state index in [1.165, 1.54) is 41.9 Å². The van der Waals surface area contributed by atoms with Crippen molar-refractivity contribution in [2.75, 3.05) is 24.5 Å². The number of hydrogen-bond donors (Lipinski definition) is 1. The van der Waals surface area contributed by atoms with E-state index in [-0.39, 0.29) is 5.41 Å². The van der Waals surface area contributed by atoms with Gasteiger partial charge in [0.05, 0.1) is 0 Å². The van der Waals surface area contributed by atoms with Gasteiger partial charge in [-0.1, -0.05) is 29.8 Å². The molecule has 1 aromatic heterocycles. The first-order chi connectivity index (χ1) is 16.0. The summed E-state index contributed by atoms with van der Waals surface area (Å²) in [6, 6.07) is 8.63. The molecule has 0 radical (unpaired) electrons. The second-order valence-electron chi connectivity index (χ2n) is 11.5. The SMILES string of the molecule is Cc1ccc(Cc2nsc(N3CCC(CNC(=O)C45CC6CC(CC(C6)C4)C5)CC3)n2)cc1. The Balaban J connectivity index is 0.986. The van der Waals surface area contributed by atoms with Crippen LogP contribution in [0, 0.1) is 36.0 Å². The second kappa shape index (κ2) is 8.68. The molecule has 5 nitrogen and oxygen atoms in total. The number of carbonyl (C=O) groups is 1. The maximum absolute atomic E-state index is 13.3. The van der Waals surface area contributed by atoms with Crippen molar-refractivity contribution in [2.24, 2.45) is 29.1 Å². The van der Waals surface area contributed by atoms with Crippen LogP contribution in [0.2, 0.25) is 0 Å². The molecule has 5 aliphatic rings. The predicted molar refractivity (Wildman–Crippen MR) is 132 cm³/mol. The number of hydrogen-bond acceptors (Lipinski definition) is 5. The lowest BCUT2D eigenvalue weighted by Crippen LogP contribution is -2.54. The van der Waals surface area contributed by atoms with Crippen molar-refractivity contribution in [1.29, 1.82) is 0 Å². The molecule has 7 rings (SSSR count). The highest BCUT2D eigenvalue weighted by Crippen LogP contribution is 2.60. The summed E-state index contributed by atoms with van der Waals surface area (Å²) in [6.07, 6.45) is 10.7. The summed E-state index contributed by atoms with van der Waals surface area (Å²) < 4.78 is 4.61. The number of aryl methyl sites for hydroxylation is 1. The van der Waals surface area contributed by atoms with Gasteiger partial charge in [-0.15, -0.1) is 0 Å². The van der Waals surface area contributed by atoms with Crippen LogP contribution in [0.15, 0.2) is 24.3 Å². The topological polar surface area (TPSA) is 58.1 Å². The zero-order valence-corrected chi connectivity index (χ0v) is 20.6. The van der Waals surface area contributed by atoms with E-state index in [2.05, 4.69) is 45.8 Å². The van der Waals surface area contributed by atoms with Crippen molar-refractivity contribution in [3.8, 4) is 0 Å². The zero-order valence-electron chi connectivity index (χ0n) is 19.8. The van der Waals surface area contributed by atoms with E-state index in [0.717, 1.165) is 86.9 Å². The van der Waals surface area contributed by atoms with Crippen LogP contribution >= 0.6 is 11.5 Å². The van der Waals surface area contributed by atoms with Crippen molar-refractivity contribution in [3.05, 3.63) is 41.2 Å². The third kappa shape index (κ3) is 4.43. The minimum atomic E-state index is -0.0180. The van der Waals surface area contributed by atoms with E-state index in [1.807, 2.05) is 0 Å². The lowest BCUT2D eigenvalue weighted by molar-refractivity contribution is -0.146. The molecule has 2 aromatic rings. The number of piperidine rings is 1. The molecular formula is C27H36N4OS. The monoisotopic (exact) mass is 464 g/mol. The van der Waals surface area contributed by atoms with Crippen LogP contribution < -0.4 is 10.2 Å². The third-order valence-corrected chi connectivity index (χ3v) is 9.71. The van der Waals surface area contributed by atoms with Crippen LogP contribution in [0.5, 0.6) is 0 Å². The smallest absolute Gasteiger partial charge is 0.226 e. The fourth-order valence-corrected chi connectivity index (χ4v) is 8.21. The quantitative estimate of drug-likeness (QED) is 0.655. The summed E-state index contributed by atoms with van der Waals surface area (Å²) in [5.41, 5.74) is 2.52. The molecular weight excluding hydrogens is 428 g/mol. The zero-order chi connectivity index (χ0) is 22.4. The predicted octanol–water partition coefficient (Wildman–Crippen LogP) is 4.99. The van der Waals surface area contributed by atoms with Crippen LogP contribution in [0.1, 0.15) is 68.3 Å². The Morgan fingerprint density at radius 2 is 1.70 bits per heavy atom. The molecule has 1 N–H and O–H groups in total. The summed E-state index contributed by atoms with van der Waals surface area (Å²) in [5.74, 6) is 4.37. The van der Waals surface area contributed by atoms with Gasteiger partial charge in [0.1, 0.15) is 5.82 Å². The molecule has 1 aliphatic heterocycles. The first-order valence-electron chi connectivity index (χ1n) is 13.0. The third-order valence-electron chi connectivity index (χ3n) is 8.90. The summed E-state index contributed by atoms with van der Waals surface area (Å²) in [6.45, 7) is 4.98. The average molecular weight is 465 g/mol. The Bertz CT molecular complexity index is 957. The minimum absolute atomic E-state index is 0.0180. The number of amides is 1. The van der Waals surface area contributed by atoms with Crippen LogP contribution in [0.3, 0.4) is 0 Å². The van der Waals surface area contributed by atoms with E-state index in [0.29, 0.717) is 11.8 Å². The van der Waals surface area contributed by atoms with E-state index < -0.39 is 0 Å². The van der Waals surface area contributed by atoms with Gasteiger partial charge in [0.2, 0.25) is 11.0 Å². The molecule has 0 spiro atoms. The van der Waals surface area contributed by atoms with Crippen molar-refractivity contribution in [2.45, 2.75) is 64.7 Å². The number of nitrogens with zero attached hydrogens (tertiary/aromatic N) is 3. The number of nitrogens with one attached hydrogen (secondary N) is 1. The van der Waals surface area contributed by atoms with Crippen LogP contribution in [-0.2, 0) is 11.2 Å². The lowest BCUT2D eigenvalue weighted by atomic mass is 9.49. The van der Waals surface area contributed by atoms with Crippen LogP contribution in [0.4, 0.5) is 5.13 Å². The molecule has 5 fully saturated rings. The average Bonchev–Trinajstić information content (AvgIpc) is 3.27. The molecule has 2 heterocycles. The van der Waals surface area contributed by atoms with Gasteiger partial charge in [-0.05, 0) is 87.5 Å². The largest absolute Gasteiger partial charge is 0.355 e. The highest BCUT2D eigenvalue weighted by Gasteiger charge is 2.54. The first-order valence-corrected chi connectivity index (χ1v) is 13.7. The van der Waals surface area contributed by atoms with Gasteiger partial charge in [0.25, 0.3) is 0 Å². The summed E-state index contributed by atoms with van der Waals surface area (Å²) in [7, 11) is 0. The summed E-state index contributed by atoms with van der Waals surface area (Å²) >= 11 is 1.53. The van der Waals surface area contributed by atoms with Crippen molar-refractivity contribution >= 4 is 22.6 Å². The van der Waals surface area contributed by atoms with Gasteiger partial charge in [-0.2, -0.15) is 4.37 Å². The Morgan fingerprint density at radius 3 is 2.33 bits per heavy atom. The molecule has 0 unspecified atom stereocenters. The van der Waals surface area contributed by atoms with Gasteiger partial charge in [-0.3, -0.25) is 4.79 Å². The fourth-order valence-electron chi connectivity index (χ4n) is 7.48. The molecule has 176 valence electrons. The Morgan fingerprint density at radius 1 is 1.06 bits per heavy atom. The minimum Gasteiger partial charge on any atom is -0.355 e. The number of anilines is 1. The van der Waals surface area contributed by atoms with Gasteiger partial charge >= 0.3 is 0 Å². The maximum Gasteiger partial charge on any atom is 0.226 e. The standard InChI is InChI=1S/C27H36N4OS/c1-18-2-4-19(5-3-18)13-24-29-26(33-30-24)31-8-6-20(7-9-31)17-28-25(32)27-14-21-10-22(15-27)12-23(11-21)16-27/h2-5,20-23H,6-17H2,1H3,(H,28,32). The van der Waals surface area contributed by atoms with Gasteiger partial charge in [0.15, 0.2) is 0 Å². The molecule has 0 atom stereocenters. The molecule has 33 heavy (non-hydrogen) atoms. The van der Waals surface area contributed by atoms with Gasteiger partial charge in [0, 0.05) is 43.0 Å². The molecule has 1 amide bonds. The summed E-state index contributed by atoms with van der Waals surface area (Å²) in [5, 5.41) is 4.47. The van der Waals surface area contributed by atoms with Gasteiger partial charge in [-0.25, -0.2) is 4.98 Å². The van der Waals surface area contributed by atoms with Crippen LogP contribution in [-0.4, -0.2) is 34.9 Å². The van der Waals surface area contributed by atoms with E-state index >= 15 is 0 Å². The number of benzene rings is 1. The lowest BCUT2D eigenvalue weighted by Gasteiger charge is -2.55. The molecule has 6 heteroatoms. The van der Waals surface area contributed by atoms with Gasteiger partial charge < -0.3 is 10.2 Å². The number of rotatable bonds is 6. The van der Waals surface area contributed by atoms with Crippen molar-refractivity contribution in [1.82, 2.24) is 14.7 Å². The maximum atomic E-state index is 13.3. The fraction of sp³-hybridized carbons (Fsp3) is 0.667. The van der Waals surface area contributed by atoms with E-state index in [9.17, 15) is 4.79 Å². The second-order valence-corrected chi connectivity index (χ2v) is 12.2. The normalized spacial score (nSPS) is 31.2. The Kier molecular flexibility index (Phi) is 5.68. The Labute approximate surface area is 201 Å². The Hall–Kier alpha value is -1.95. The molecule has 1 saturated heterocycles.